The Balaban J connectivity index is 1.96. The molecule has 0 saturated carbocycles. The normalized spacial score (nSPS) is 10.4. The highest BCUT2D eigenvalue weighted by molar-refractivity contribution is 7.12. The van der Waals surface area contributed by atoms with Crippen LogP contribution in [0.1, 0.15) is 15.2 Å². The van der Waals surface area contributed by atoms with Crippen molar-refractivity contribution in [3.05, 3.63) is 52.2 Å². The van der Waals surface area contributed by atoms with Crippen LogP contribution in [0, 0.1) is 0 Å². The van der Waals surface area contributed by atoms with Crippen molar-refractivity contribution < 1.29 is 14.3 Å². The fourth-order valence-electron chi connectivity index (χ4n) is 1.34. The zero-order chi connectivity index (χ0) is 14.4. The third-order valence-electron chi connectivity index (χ3n) is 2.20. The first-order chi connectivity index (χ1) is 9.65. The molecule has 7 heteroatoms. The quantitative estimate of drug-likeness (QED) is 0.390. The zero-order valence-electron chi connectivity index (χ0n) is 10.3. The Bertz CT molecular complexity index is 621. The summed E-state index contributed by atoms with van der Waals surface area (Å²) in [6.45, 7) is 0. The molecule has 0 unspecified atom stereocenters. The number of hydrogen-bond acceptors (Lipinski definition) is 5. The number of esters is 1. The fraction of sp³-hybridized carbons (Fsp3) is 0. The third kappa shape index (κ3) is 3.92. The molecule has 1 aromatic carbocycles. The molecule has 2 aromatic rings. The summed E-state index contributed by atoms with van der Waals surface area (Å²) in [7, 11) is 0. The van der Waals surface area contributed by atoms with Crippen molar-refractivity contribution in [2.24, 2.45) is 10.8 Å². The van der Waals surface area contributed by atoms with Gasteiger partial charge >= 0.3 is 12.0 Å². The van der Waals surface area contributed by atoms with E-state index >= 15 is 0 Å². The maximum Gasteiger partial charge on any atom is 0.353 e. The second kappa shape index (κ2) is 6.48. The number of benzene rings is 1. The van der Waals surface area contributed by atoms with Crippen molar-refractivity contribution in [2.45, 2.75) is 0 Å². The summed E-state index contributed by atoms with van der Waals surface area (Å²) in [4.78, 5) is 22.7. The largest absolute Gasteiger partial charge is 0.422 e. The van der Waals surface area contributed by atoms with Gasteiger partial charge in [0.2, 0.25) is 0 Å². The molecule has 3 N–H and O–H groups in total. The van der Waals surface area contributed by atoms with Crippen LogP contribution in [0.3, 0.4) is 0 Å². The van der Waals surface area contributed by atoms with Crippen molar-refractivity contribution in [1.29, 1.82) is 0 Å². The van der Waals surface area contributed by atoms with Crippen molar-refractivity contribution in [3.8, 4) is 5.75 Å². The first kappa shape index (κ1) is 13.8. The Labute approximate surface area is 118 Å². The van der Waals surface area contributed by atoms with Crippen molar-refractivity contribution >= 4 is 29.6 Å². The molecule has 6 nitrogen and oxygen atoms in total. The van der Waals surface area contributed by atoms with Gasteiger partial charge in [-0.25, -0.2) is 15.0 Å². The van der Waals surface area contributed by atoms with E-state index in [9.17, 15) is 9.59 Å². The number of hydrogen-bond donors (Lipinski definition) is 2. The van der Waals surface area contributed by atoms with Crippen molar-refractivity contribution in [3.63, 3.8) is 0 Å². The van der Waals surface area contributed by atoms with Gasteiger partial charge in [-0.2, -0.15) is 5.10 Å². The molecule has 2 amide bonds. The van der Waals surface area contributed by atoms with Gasteiger partial charge in [0.1, 0.15) is 10.6 Å². The lowest BCUT2D eigenvalue weighted by Gasteiger charge is -2.02. The van der Waals surface area contributed by atoms with Gasteiger partial charge in [0.05, 0.1) is 6.21 Å². The Morgan fingerprint density at radius 3 is 2.60 bits per heavy atom. The van der Waals surface area contributed by atoms with E-state index in [-0.39, 0.29) is 0 Å². The number of hydrazone groups is 1. The minimum atomic E-state index is -0.734. The molecule has 0 bridgehead atoms. The molecule has 0 fully saturated rings. The second-order valence-electron chi connectivity index (χ2n) is 3.67. The van der Waals surface area contributed by atoms with E-state index in [4.69, 9.17) is 10.5 Å². The molecule has 102 valence electrons. The van der Waals surface area contributed by atoms with Gasteiger partial charge in [-0.15, -0.1) is 11.3 Å². The van der Waals surface area contributed by atoms with E-state index in [2.05, 4.69) is 10.5 Å². The molecule has 2 rings (SSSR count). The molecule has 0 atom stereocenters. The number of nitrogens with two attached hydrogens (primary N) is 1. The highest BCUT2D eigenvalue weighted by Gasteiger charge is 2.08. The van der Waals surface area contributed by atoms with Crippen LogP contribution in [-0.4, -0.2) is 18.2 Å². The molecular formula is C13H11N3O3S. The number of rotatable bonds is 4. The number of carbonyl (C=O) groups excluding carboxylic acids is 2. The SMILES string of the molecule is NC(=O)N/N=C/c1ccc(OC(=O)c2cccs2)cc1. The summed E-state index contributed by atoms with van der Waals surface area (Å²) in [5.74, 6) is 0.0419. The molecule has 1 heterocycles. The minimum absolute atomic E-state index is 0.392. The second-order valence-corrected chi connectivity index (χ2v) is 4.62. The number of thiophene rings is 1. The highest BCUT2D eigenvalue weighted by Crippen LogP contribution is 2.16. The highest BCUT2D eigenvalue weighted by atomic mass is 32.1. The summed E-state index contributed by atoms with van der Waals surface area (Å²) in [5, 5.41) is 5.42. The van der Waals surface area contributed by atoms with Gasteiger partial charge in [-0.1, -0.05) is 6.07 Å². The van der Waals surface area contributed by atoms with Gasteiger partial charge in [0.25, 0.3) is 0 Å². The molecular weight excluding hydrogens is 278 g/mol. The summed E-state index contributed by atoms with van der Waals surface area (Å²) in [5.41, 5.74) is 7.68. The van der Waals surface area contributed by atoms with E-state index in [1.165, 1.54) is 17.6 Å². The molecule has 0 aliphatic rings. The Morgan fingerprint density at radius 2 is 2.00 bits per heavy atom. The molecule has 0 aliphatic carbocycles. The van der Waals surface area contributed by atoms with Crippen LogP contribution < -0.4 is 15.9 Å². The predicted molar refractivity (Wildman–Crippen MR) is 76.0 cm³/mol. The van der Waals surface area contributed by atoms with Crippen LogP contribution in [0.2, 0.25) is 0 Å². The van der Waals surface area contributed by atoms with E-state index in [1.807, 2.05) is 5.38 Å². The zero-order valence-corrected chi connectivity index (χ0v) is 11.1. The number of primary amides is 1. The van der Waals surface area contributed by atoms with Crippen LogP contribution in [0.4, 0.5) is 4.79 Å². The number of nitrogens with one attached hydrogen (secondary N) is 1. The number of amides is 2. The van der Waals surface area contributed by atoms with Gasteiger partial charge in [-0.05, 0) is 41.3 Å². The maximum absolute atomic E-state index is 11.7. The van der Waals surface area contributed by atoms with Crippen LogP contribution >= 0.6 is 11.3 Å². The molecule has 0 spiro atoms. The summed E-state index contributed by atoms with van der Waals surface area (Å²) in [6, 6.07) is 9.42. The third-order valence-corrected chi connectivity index (χ3v) is 3.05. The van der Waals surface area contributed by atoms with Gasteiger partial charge in [0.15, 0.2) is 0 Å². The smallest absolute Gasteiger partial charge is 0.353 e. The molecule has 1 aromatic heterocycles. The monoisotopic (exact) mass is 289 g/mol. The van der Waals surface area contributed by atoms with E-state index in [0.29, 0.717) is 10.6 Å². The lowest BCUT2D eigenvalue weighted by Crippen LogP contribution is -2.24. The summed E-state index contributed by atoms with van der Waals surface area (Å²) < 4.78 is 5.19. The molecule has 0 saturated heterocycles. The average molecular weight is 289 g/mol. The summed E-state index contributed by atoms with van der Waals surface area (Å²) >= 11 is 1.32. The van der Waals surface area contributed by atoms with Gasteiger partial charge < -0.3 is 10.5 Å². The molecule has 0 aliphatic heterocycles. The maximum atomic E-state index is 11.7. The summed E-state index contributed by atoms with van der Waals surface area (Å²) in [6.07, 6.45) is 1.43. The Morgan fingerprint density at radius 1 is 1.25 bits per heavy atom. The van der Waals surface area contributed by atoms with Crippen LogP contribution in [0.5, 0.6) is 5.75 Å². The standard InChI is InChI=1S/C13H11N3O3S/c14-13(18)16-15-8-9-3-5-10(6-4-9)19-12(17)11-2-1-7-20-11/h1-8H,(H3,14,16,18)/b15-8+. The average Bonchev–Trinajstić information content (AvgIpc) is 2.94. The van der Waals surface area contributed by atoms with E-state index in [1.54, 1.807) is 36.4 Å². The van der Waals surface area contributed by atoms with Crippen LogP contribution in [0.25, 0.3) is 0 Å². The Kier molecular flexibility index (Phi) is 4.46. The van der Waals surface area contributed by atoms with Crippen LogP contribution in [-0.2, 0) is 0 Å². The number of nitrogens with zero attached hydrogens (tertiary/aromatic N) is 1. The number of carbonyl (C=O) groups is 2. The van der Waals surface area contributed by atoms with E-state index in [0.717, 1.165) is 5.56 Å². The molecule has 0 radical (unpaired) electrons. The van der Waals surface area contributed by atoms with Gasteiger partial charge in [0, 0.05) is 0 Å². The lowest BCUT2D eigenvalue weighted by molar-refractivity contribution is 0.0740. The van der Waals surface area contributed by atoms with Crippen LogP contribution in [0.15, 0.2) is 46.9 Å². The topological polar surface area (TPSA) is 93.8 Å². The molecule has 20 heavy (non-hydrogen) atoms. The van der Waals surface area contributed by atoms with Crippen molar-refractivity contribution in [2.75, 3.05) is 0 Å². The van der Waals surface area contributed by atoms with Crippen molar-refractivity contribution in [1.82, 2.24) is 5.43 Å². The van der Waals surface area contributed by atoms with Gasteiger partial charge in [-0.3, -0.25) is 0 Å². The Hall–Kier alpha value is -2.67. The first-order valence-corrected chi connectivity index (χ1v) is 6.47. The first-order valence-electron chi connectivity index (χ1n) is 5.59. The fourth-order valence-corrected chi connectivity index (χ4v) is 1.94. The number of urea groups is 1. The number of ether oxygens (including phenoxy) is 1. The minimum Gasteiger partial charge on any atom is -0.422 e. The predicted octanol–water partition coefficient (Wildman–Crippen LogP) is 1.97. The van der Waals surface area contributed by atoms with E-state index < -0.39 is 12.0 Å². The lowest BCUT2D eigenvalue weighted by atomic mass is 10.2.